The van der Waals surface area contributed by atoms with Crippen molar-refractivity contribution in [2.45, 2.75) is 19.9 Å². The van der Waals surface area contributed by atoms with Gasteiger partial charge in [0, 0.05) is 28.8 Å². The van der Waals surface area contributed by atoms with Crippen molar-refractivity contribution in [3.05, 3.63) is 58.6 Å². The fourth-order valence-corrected chi connectivity index (χ4v) is 2.03. The van der Waals surface area contributed by atoms with Crippen molar-refractivity contribution in [3.8, 4) is 0 Å². The number of carbonyl (C=O) groups excluding carboxylic acids is 1. The van der Waals surface area contributed by atoms with E-state index in [1.807, 2.05) is 43.3 Å². The summed E-state index contributed by atoms with van der Waals surface area (Å²) in [7, 11) is 0. The summed E-state index contributed by atoms with van der Waals surface area (Å²) >= 11 is 3.42. The highest BCUT2D eigenvalue weighted by Crippen LogP contribution is 2.17. The van der Waals surface area contributed by atoms with Gasteiger partial charge in [-0.05, 0) is 35.9 Å². The number of hydrogen-bond donors (Lipinski definition) is 2. The average Bonchev–Trinajstić information content (AvgIpc) is 2.47. The smallest absolute Gasteiger partial charge is 0.224 e. The fourth-order valence-electron chi connectivity index (χ4n) is 1.76. The molecule has 3 nitrogen and oxygen atoms in total. The first-order valence-electron chi connectivity index (χ1n) is 6.55. The third-order valence-corrected chi connectivity index (χ3v) is 3.41. The van der Waals surface area contributed by atoms with Gasteiger partial charge < -0.3 is 10.6 Å². The van der Waals surface area contributed by atoms with E-state index in [2.05, 4.69) is 38.7 Å². The largest absolute Gasteiger partial charge is 0.381 e. The minimum absolute atomic E-state index is 0.0232. The van der Waals surface area contributed by atoms with Crippen molar-refractivity contribution < 1.29 is 4.79 Å². The molecule has 0 aliphatic rings. The molecule has 0 atom stereocenters. The van der Waals surface area contributed by atoms with E-state index in [1.165, 1.54) is 5.56 Å². The van der Waals surface area contributed by atoms with Gasteiger partial charge in [0.25, 0.3) is 0 Å². The Kier molecular flexibility index (Phi) is 5.18. The lowest BCUT2D eigenvalue weighted by Crippen LogP contribution is -2.09. The molecule has 0 saturated carbocycles. The van der Waals surface area contributed by atoms with Crippen molar-refractivity contribution in [2.24, 2.45) is 0 Å². The van der Waals surface area contributed by atoms with Gasteiger partial charge in [0.1, 0.15) is 0 Å². The molecule has 0 aliphatic heterocycles. The topological polar surface area (TPSA) is 41.1 Å². The van der Waals surface area contributed by atoms with Crippen LogP contribution in [0.2, 0.25) is 0 Å². The highest BCUT2D eigenvalue weighted by atomic mass is 79.9. The lowest BCUT2D eigenvalue weighted by molar-refractivity contribution is -0.115. The highest BCUT2D eigenvalue weighted by molar-refractivity contribution is 9.10. The molecule has 20 heavy (non-hydrogen) atoms. The molecule has 0 radical (unpaired) electrons. The molecule has 0 heterocycles. The van der Waals surface area contributed by atoms with Crippen molar-refractivity contribution >= 4 is 33.2 Å². The molecule has 0 saturated heterocycles. The zero-order valence-electron chi connectivity index (χ0n) is 11.3. The minimum atomic E-state index is 0.0232. The zero-order valence-corrected chi connectivity index (χ0v) is 12.9. The molecule has 0 aliphatic carbocycles. The van der Waals surface area contributed by atoms with Gasteiger partial charge in [0.15, 0.2) is 0 Å². The van der Waals surface area contributed by atoms with Crippen LogP contribution in [-0.4, -0.2) is 5.91 Å². The summed E-state index contributed by atoms with van der Waals surface area (Å²) < 4.78 is 1.07. The Morgan fingerprint density at radius 3 is 2.50 bits per heavy atom. The Bertz CT molecular complexity index is 581. The van der Waals surface area contributed by atoms with Crippen LogP contribution in [0.3, 0.4) is 0 Å². The Morgan fingerprint density at radius 2 is 1.80 bits per heavy atom. The van der Waals surface area contributed by atoms with Gasteiger partial charge in [-0.3, -0.25) is 4.79 Å². The molecule has 0 bridgehead atoms. The first-order chi connectivity index (χ1) is 9.67. The summed E-state index contributed by atoms with van der Waals surface area (Å²) in [4.78, 5) is 11.4. The molecule has 2 aromatic rings. The minimum Gasteiger partial charge on any atom is -0.381 e. The number of benzene rings is 2. The van der Waals surface area contributed by atoms with Gasteiger partial charge in [-0.15, -0.1) is 0 Å². The monoisotopic (exact) mass is 332 g/mol. The van der Waals surface area contributed by atoms with Crippen LogP contribution < -0.4 is 10.6 Å². The van der Waals surface area contributed by atoms with Crippen LogP contribution in [-0.2, 0) is 11.3 Å². The van der Waals surface area contributed by atoms with Crippen LogP contribution in [0, 0.1) is 0 Å². The average molecular weight is 333 g/mol. The van der Waals surface area contributed by atoms with Crippen LogP contribution in [0.1, 0.15) is 18.9 Å². The molecule has 0 fully saturated rings. The van der Waals surface area contributed by atoms with Gasteiger partial charge in [-0.1, -0.05) is 41.1 Å². The van der Waals surface area contributed by atoms with Crippen molar-refractivity contribution in [1.29, 1.82) is 0 Å². The second-order valence-corrected chi connectivity index (χ2v) is 5.38. The van der Waals surface area contributed by atoms with Crippen LogP contribution in [0.5, 0.6) is 0 Å². The number of amides is 1. The van der Waals surface area contributed by atoms with Crippen molar-refractivity contribution in [2.75, 3.05) is 10.6 Å². The highest BCUT2D eigenvalue weighted by Gasteiger charge is 2.00. The van der Waals surface area contributed by atoms with E-state index in [1.54, 1.807) is 0 Å². The second kappa shape index (κ2) is 7.10. The fraction of sp³-hybridized carbons (Fsp3) is 0.188. The van der Waals surface area contributed by atoms with Gasteiger partial charge >= 0.3 is 0 Å². The standard InChI is InChI=1S/C16H17BrN2O/c1-2-16(20)19-15-5-3-4-14(10-15)18-11-12-6-8-13(17)9-7-12/h3-10,18H,2,11H2,1H3,(H,19,20). The SMILES string of the molecule is CCC(=O)Nc1cccc(NCc2ccc(Br)cc2)c1. The molecule has 0 aromatic heterocycles. The quantitative estimate of drug-likeness (QED) is 0.851. The normalized spacial score (nSPS) is 10.1. The molecule has 2 rings (SSSR count). The van der Waals surface area contributed by atoms with E-state index < -0.39 is 0 Å². The molecule has 2 N–H and O–H groups in total. The molecule has 1 amide bonds. The predicted octanol–water partition coefficient (Wildman–Crippen LogP) is 4.41. The van der Waals surface area contributed by atoms with E-state index in [0.717, 1.165) is 22.4 Å². The molecular weight excluding hydrogens is 316 g/mol. The van der Waals surface area contributed by atoms with E-state index in [0.29, 0.717) is 6.42 Å². The van der Waals surface area contributed by atoms with E-state index in [9.17, 15) is 4.79 Å². The number of rotatable bonds is 5. The lowest BCUT2D eigenvalue weighted by atomic mass is 10.2. The number of nitrogens with one attached hydrogen (secondary N) is 2. The molecule has 0 spiro atoms. The third-order valence-electron chi connectivity index (χ3n) is 2.88. The van der Waals surface area contributed by atoms with Crippen molar-refractivity contribution in [3.63, 3.8) is 0 Å². The number of carbonyl (C=O) groups is 1. The second-order valence-electron chi connectivity index (χ2n) is 4.46. The van der Waals surface area contributed by atoms with Gasteiger partial charge in [0.05, 0.1) is 0 Å². The Balaban J connectivity index is 1.97. The van der Waals surface area contributed by atoms with E-state index in [-0.39, 0.29) is 5.91 Å². The first kappa shape index (κ1) is 14.6. The molecule has 104 valence electrons. The van der Waals surface area contributed by atoms with Gasteiger partial charge in [-0.25, -0.2) is 0 Å². The van der Waals surface area contributed by atoms with Crippen LogP contribution in [0.25, 0.3) is 0 Å². The summed E-state index contributed by atoms with van der Waals surface area (Å²) in [6.45, 7) is 2.59. The predicted molar refractivity (Wildman–Crippen MR) is 86.8 cm³/mol. The maximum absolute atomic E-state index is 11.4. The lowest BCUT2D eigenvalue weighted by Gasteiger charge is -2.09. The Hall–Kier alpha value is -1.81. The summed E-state index contributed by atoms with van der Waals surface area (Å²) in [5, 5.41) is 6.20. The molecule has 2 aromatic carbocycles. The van der Waals surface area contributed by atoms with Crippen LogP contribution in [0.15, 0.2) is 53.0 Å². The molecule has 0 unspecified atom stereocenters. The third kappa shape index (κ3) is 4.38. The summed E-state index contributed by atoms with van der Waals surface area (Å²) in [6, 6.07) is 15.9. The van der Waals surface area contributed by atoms with Crippen molar-refractivity contribution in [1.82, 2.24) is 0 Å². The number of hydrogen-bond acceptors (Lipinski definition) is 2. The summed E-state index contributed by atoms with van der Waals surface area (Å²) in [5.74, 6) is 0.0232. The summed E-state index contributed by atoms with van der Waals surface area (Å²) in [6.07, 6.45) is 0.483. The number of anilines is 2. The van der Waals surface area contributed by atoms with Gasteiger partial charge in [0.2, 0.25) is 5.91 Å². The maximum Gasteiger partial charge on any atom is 0.224 e. The first-order valence-corrected chi connectivity index (χ1v) is 7.35. The van der Waals surface area contributed by atoms with E-state index in [4.69, 9.17) is 0 Å². The van der Waals surface area contributed by atoms with Gasteiger partial charge in [-0.2, -0.15) is 0 Å². The molecule has 4 heteroatoms. The summed E-state index contributed by atoms with van der Waals surface area (Å²) in [5.41, 5.74) is 3.01. The Morgan fingerprint density at radius 1 is 1.10 bits per heavy atom. The number of halogens is 1. The molecular formula is C16H17BrN2O. The Labute approximate surface area is 127 Å². The van der Waals surface area contributed by atoms with Crippen LogP contribution in [0.4, 0.5) is 11.4 Å². The zero-order chi connectivity index (χ0) is 14.4. The maximum atomic E-state index is 11.4. The van der Waals surface area contributed by atoms with Crippen LogP contribution >= 0.6 is 15.9 Å². The van der Waals surface area contributed by atoms with E-state index >= 15 is 0 Å².